The van der Waals surface area contributed by atoms with Crippen molar-refractivity contribution in [2.24, 2.45) is 0 Å². The van der Waals surface area contributed by atoms with Gasteiger partial charge in [-0.25, -0.2) is 0 Å². The number of aliphatic hydroxyl groups excluding tert-OH is 2. The van der Waals surface area contributed by atoms with E-state index in [1.807, 2.05) is 48.5 Å². The number of hydrogen-bond acceptors (Lipinski definition) is 3. The molecule has 4 nitrogen and oxygen atoms in total. The summed E-state index contributed by atoms with van der Waals surface area (Å²) in [7, 11) is 0. The van der Waals surface area contributed by atoms with E-state index in [1.54, 1.807) is 11.0 Å². The van der Waals surface area contributed by atoms with Crippen molar-refractivity contribution in [3.63, 3.8) is 0 Å². The molecule has 0 saturated carbocycles. The third-order valence-electron chi connectivity index (χ3n) is 4.11. The summed E-state index contributed by atoms with van der Waals surface area (Å²) >= 11 is 0. The molecule has 0 aliphatic carbocycles. The van der Waals surface area contributed by atoms with Gasteiger partial charge in [0.1, 0.15) is 0 Å². The van der Waals surface area contributed by atoms with Gasteiger partial charge in [-0.05, 0) is 23.6 Å². The van der Waals surface area contributed by atoms with Crippen LogP contribution in [0.5, 0.6) is 0 Å². The monoisotopic (exact) mass is 297 g/mol. The zero-order chi connectivity index (χ0) is 15.5. The standard InChI is InChI=1S/C18H19NO3/c20-12-14-10-15(21)11-19(14)18(22)17-9-5-4-8-16(17)13-6-2-1-3-7-13/h1-9,14-15,20-21H,10-12H2. The van der Waals surface area contributed by atoms with Gasteiger partial charge >= 0.3 is 0 Å². The Morgan fingerprint density at radius 3 is 2.50 bits per heavy atom. The van der Waals surface area contributed by atoms with Gasteiger partial charge in [0.2, 0.25) is 0 Å². The largest absolute Gasteiger partial charge is 0.394 e. The molecule has 1 amide bonds. The van der Waals surface area contributed by atoms with Gasteiger partial charge in [-0.2, -0.15) is 0 Å². The maximum atomic E-state index is 12.9. The number of amides is 1. The van der Waals surface area contributed by atoms with Crippen molar-refractivity contribution in [3.05, 3.63) is 60.2 Å². The summed E-state index contributed by atoms with van der Waals surface area (Å²) in [6, 6.07) is 16.9. The summed E-state index contributed by atoms with van der Waals surface area (Å²) in [5, 5.41) is 19.2. The van der Waals surface area contributed by atoms with Crippen LogP contribution >= 0.6 is 0 Å². The summed E-state index contributed by atoms with van der Waals surface area (Å²) in [6.07, 6.45) is -0.138. The fraction of sp³-hybridized carbons (Fsp3) is 0.278. The van der Waals surface area contributed by atoms with Gasteiger partial charge in [-0.1, -0.05) is 48.5 Å². The second-order valence-electron chi connectivity index (χ2n) is 5.60. The van der Waals surface area contributed by atoms with E-state index in [1.165, 1.54) is 0 Å². The average molecular weight is 297 g/mol. The summed E-state index contributed by atoms with van der Waals surface area (Å²) in [5.74, 6) is -0.143. The zero-order valence-electron chi connectivity index (χ0n) is 12.2. The first-order valence-electron chi connectivity index (χ1n) is 7.45. The minimum absolute atomic E-state index is 0.129. The van der Waals surface area contributed by atoms with Gasteiger partial charge in [-0.15, -0.1) is 0 Å². The van der Waals surface area contributed by atoms with E-state index in [4.69, 9.17) is 0 Å². The van der Waals surface area contributed by atoms with Gasteiger partial charge in [0, 0.05) is 12.1 Å². The molecule has 1 heterocycles. The highest BCUT2D eigenvalue weighted by Crippen LogP contribution is 2.27. The lowest BCUT2D eigenvalue weighted by molar-refractivity contribution is 0.0665. The first kappa shape index (κ1) is 14.8. The van der Waals surface area contributed by atoms with Crippen LogP contribution in [0.15, 0.2) is 54.6 Å². The Morgan fingerprint density at radius 2 is 1.77 bits per heavy atom. The van der Waals surface area contributed by atoms with Gasteiger partial charge < -0.3 is 15.1 Å². The first-order valence-corrected chi connectivity index (χ1v) is 7.45. The molecular weight excluding hydrogens is 278 g/mol. The Kier molecular flexibility index (Phi) is 4.22. The van der Waals surface area contributed by atoms with Crippen LogP contribution in [0.1, 0.15) is 16.8 Å². The van der Waals surface area contributed by atoms with E-state index in [9.17, 15) is 15.0 Å². The van der Waals surface area contributed by atoms with E-state index >= 15 is 0 Å². The number of rotatable bonds is 3. The molecule has 22 heavy (non-hydrogen) atoms. The first-order chi connectivity index (χ1) is 10.7. The normalized spacial score (nSPS) is 21.1. The van der Waals surface area contributed by atoms with Crippen LogP contribution in [0.3, 0.4) is 0 Å². The lowest BCUT2D eigenvalue weighted by Gasteiger charge is -2.24. The molecular formula is C18H19NO3. The maximum absolute atomic E-state index is 12.9. The SMILES string of the molecule is O=C(c1ccccc1-c1ccccc1)N1CC(O)CC1CO. The number of carbonyl (C=O) groups is 1. The second kappa shape index (κ2) is 6.30. The average Bonchev–Trinajstić information content (AvgIpc) is 2.96. The van der Waals surface area contributed by atoms with E-state index in [0.717, 1.165) is 11.1 Å². The van der Waals surface area contributed by atoms with E-state index in [2.05, 4.69) is 0 Å². The molecule has 1 fully saturated rings. The number of aliphatic hydroxyl groups is 2. The molecule has 1 aliphatic heterocycles. The van der Waals surface area contributed by atoms with E-state index in [0.29, 0.717) is 12.0 Å². The summed E-state index contributed by atoms with van der Waals surface area (Å²) in [6.45, 7) is 0.142. The van der Waals surface area contributed by atoms with Crippen molar-refractivity contribution >= 4 is 5.91 Å². The molecule has 4 heteroatoms. The molecule has 0 spiro atoms. The van der Waals surface area contributed by atoms with Crippen LogP contribution in [0.4, 0.5) is 0 Å². The summed E-state index contributed by atoms with van der Waals surface area (Å²) in [5.41, 5.74) is 2.44. The Hall–Kier alpha value is -2.17. The second-order valence-corrected chi connectivity index (χ2v) is 5.60. The molecule has 0 aromatic heterocycles. The number of benzene rings is 2. The van der Waals surface area contributed by atoms with E-state index < -0.39 is 6.10 Å². The molecule has 2 aromatic rings. The van der Waals surface area contributed by atoms with Gasteiger partial charge in [0.05, 0.1) is 18.8 Å². The van der Waals surface area contributed by atoms with Crippen LogP contribution in [-0.4, -0.2) is 46.3 Å². The van der Waals surface area contributed by atoms with Crippen molar-refractivity contribution in [2.75, 3.05) is 13.2 Å². The highest BCUT2D eigenvalue weighted by molar-refractivity contribution is 6.01. The Labute approximate surface area is 129 Å². The van der Waals surface area contributed by atoms with Crippen LogP contribution in [0, 0.1) is 0 Å². The third kappa shape index (κ3) is 2.75. The van der Waals surface area contributed by atoms with Crippen LogP contribution in [0.2, 0.25) is 0 Å². The Bertz CT molecular complexity index is 656. The smallest absolute Gasteiger partial charge is 0.254 e. The Balaban J connectivity index is 1.97. The highest BCUT2D eigenvalue weighted by atomic mass is 16.3. The van der Waals surface area contributed by atoms with Crippen LogP contribution in [0.25, 0.3) is 11.1 Å². The summed E-state index contributed by atoms with van der Waals surface area (Å²) in [4.78, 5) is 14.4. The van der Waals surface area contributed by atoms with Crippen molar-refractivity contribution in [3.8, 4) is 11.1 Å². The molecule has 114 valence electrons. The molecule has 2 atom stereocenters. The molecule has 2 unspecified atom stereocenters. The number of nitrogens with zero attached hydrogens (tertiary/aromatic N) is 1. The summed E-state index contributed by atoms with van der Waals surface area (Å²) < 4.78 is 0. The molecule has 2 aromatic carbocycles. The molecule has 1 saturated heterocycles. The maximum Gasteiger partial charge on any atom is 0.254 e. The molecule has 1 aliphatic rings. The molecule has 2 N–H and O–H groups in total. The van der Waals surface area contributed by atoms with Crippen molar-refractivity contribution in [1.82, 2.24) is 4.90 Å². The van der Waals surface area contributed by atoms with Crippen molar-refractivity contribution < 1.29 is 15.0 Å². The zero-order valence-corrected chi connectivity index (χ0v) is 12.2. The highest BCUT2D eigenvalue weighted by Gasteiger charge is 2.34. The fourth-order valence-corrected chi connectivity index (χ4v) is 3.01. The van der Waals surface area contributed by atoms with E-state index in [-0.39, 0.29) is 25.1 Å². The lowest BCUT2D eigenvalue weighted by Crippen LogP contribution is -2.38. The van der Waals surface area contributed by atoms with Gasteiger partial charge in [0.25, 0.3) is 5.91 Å². The van der Waals surface area contributed by atoms with Gasteiger partial charge in [-0.3, -0.25) is 4.79 Å². The minimum Gasteiger partial charge on any atom is -0.394 e. The van der Waals surface area contributed by atoms with Crippen LogP contribution < -0.4 is 0 Å². The number of likely N-dealkylation sites (tertiary alicyclic amines) is 1. The van der Waals surface area contributed by atoms with Crippen molar-refractivity contribution in [2.45, 2.75) is 18.6 Å². The number of carbonyl (C=O) groups excluding carboxylic acids is 1. The van der Waals surface area contributed by atoms with Crippen LogP contribution in [-0.2, 0) is 0 Å². The number of hydrogen-bond donors (Lipinski definition) is 2. The topological polar surface area (TPSA) is 60.8 Å². The minimum atomic E-state index is -0.565. The number of β-amino-alcohol motifs (C(OH)–C–C–N with tert-alkyl or cyclic N) is 1. The predicted molar refractivity (Wildman–Crippen MR) is 84.4 cm³/mol. The predicted octanol–water partition coefficient (Wildman–Crippen LogP) is 1.92. The third-order valence-corrected chi connectivity index (χ3v) is 4.11. The fourth-order valence-electron chi connectivity index (χ4n) is 3.01. The Morgan fingerprint density at radius 1 is 1.09 bits per heavy atom. The molecule has 0 radical (unpaired) electrons. The lowest BCUT2D eigenvalue weighted by atomic mass is 9.98. The molecule has 3 rings (SSSR count). The van der Waals surface area contributed by atoms with Gasteiger partial charge in [0.15, 0.2) is 0 Å². The van der Waals surface area contributed by atoms with Crippen molar-refractivity contribution in [1.29, 1.82) is 0 Å². The quantitative estimate of drug-likeness (QED) is 0.910. The molecule has 0 bridgehead atoms.